The Morgan fingerprint density at radius 2 is 1.72 bits per heavy atom. The molecule has 164 valence electrons. The first-order chi connectivity index (χ1) is 15.5. The number of para-hydroxylation sites is 1. The fourth-order valence-corrected chi connectivity index (χ4v) is 3.76. The molecule has 0 fully saturated rings. The lowest BCUT2D eigenvalue weighted by molar-refractivity contribution is -0.126. The smallest absolute Gasteiger partial charge is 0.239 e. The molecule has 4 aromatic rings. The zero-order chi connectivity index (χ0) is 22.5. The summed E-state index contributed by atoms with van der Waals surface area (Å²) in [6.07, 6.45) is 0.216. The minimum Gasteiger partial charge on any atom is -0.490 e. The van der Waals surface area contributed by atoms with Crippen molar-refractivity contribution in [1.29, 1.82) is 0 Å². The van der Waals surface area contributed by atoms with E-state index in [2.05, 4.69) is 10.6 Å². The average molecular weight is 431 g/mol. The summed E-state index contributed by atoms with van der Waals surface area (Å²) in [6, 6.07) is 21.1. The number of hydrogen-bond acceptors (Lipinski definition) is 4. The number of carbonyl (C=O) groups is 2. The second-order valence-electron chi connectivity index (χ2n) is 7.64. The van der Waals surface area contributed by atoms with E-state index >= 15 is 0 Å². The van der Waals surface area contributed by atoms with Crippen molar-refractivity contribution in [2.45, 2.75) is 26.3 Å². The van der Waals surface area contributed by atoms with Crippen molar-refractivity contribution in [3.8, 4) is 5.75 Å². The molecular formula is C26H26N2O4. The van der Waals surface area contributed by atoms with E-state index in [1.165, 1.54) is 0 Å². The van der Waals surface area contributed by atoms with Gasteiger partial charge in [-0.3, -0.25) is 9.59 Å². The molecule has 0 bridgehead atoms. The molecule has 1 aromatic heterocycles. The van der Waals surface area contributed by atoms with Crippen LogP contribution in [-0.2, 0) is 16.0 Å². The summed E-state index contributed by atoms with van der Waals surface area (Å²) in [4.78, 5) is 24.8. The monoisotopic (exact) mass is 430 g/mol. The molecule has 1 unspecified atom stereocenters. The standard InChI is InChI=1S/C26H26N2O4/c1-3-31-22-13-7-11-20-14-23(32-26(20)22)17(2)28-25(30)16-27-24(29)15-19-10-6-9-18-8-4-5-12-21(18)19/h4-14,17H,3,15-16H2,1-2H3,(H,27,29)(H,28,30). The summed E-state index contributed by atoms with van der Waals surface area (Å²) < 4.78 is 11.5. The average Bonchev–Trinajstić information content (AvgIpc) is 3.24. The Kier molecular flexibility index (Phi) is 6.40. The number of benzene rings is 3. The van der Waals surface area contributed by atoms with Gasteiger partial charge in [-0.15, -0.1) is 0 Å². The van der Waals surface area contributed by atoms with Gasteiger partial charge in [0, 0.05) is 5.39 Å². The second-order valence-corrected chi connectivity index (χ2v) is 7.64. The van der Waals surface area contributed by atoms with Crippen LogP contribution < -0.4 is 15.4 Å². The Morgan fingerprint density at radius 3 is 2.56 bits per heavy atom. The maximum atomic E-state index is 12.4. The number of hydrogen-bond donors (Lipinski definition) is 2. The number of nitrogens with one attached hydrogen (secondary N) is 2. The largest absolute Gasteiger partial charge is 0.490 e. The maximum Gasteiger partial charge on any atom is 0.239 e. The molecular weight excluding hydrogens is 404 g/mol. The fourth-order valence-electron chi connectivity index (χ4n) is 3.76. The molecule has 6 heteroatoms. The molecule has 1 atom stereocenters. The van der Waals surface area contributed by atoms with Crippen molar-refractivity contribution >= 4 is 33.6 Å². The highest BCUT2D eigenvalue weighted by Gasteiger charge is 2.17. The number of furan rings is 1. The highest BCUT2D eigenvalue weighted by atomic mass is 16.5. The molecule has 3 aromatic carbocycles. The number of carbonyl (C=O) groups excluding carboxylic acids is 2. The van der Waals surface area contributed by atoms with Gasteiger partial charge in [0.05, 0.1) is 25.6 Å². The maximum absolute atomic E-state index is 12.4. The van der Waals surface area contributed by atoms with Crippen molar-refractivity contribution in [3.63, 3.8) is 0 Å². The normalized spacial score (nSPS) is 11.9. The van der Waals surface area contributed by atoms with Crippen LogP contribution in [0.5, 0.6) is 5.75 Å². The summed E-state index contributed by atoms with van der Waals surface area (Å²) >= 11 is 0. The van der Waals surface area contributed by atoms with Crippen LogP contribution in [0.3, 0.4) is 0 Å². The summed E-state index contributed by atoms with van der Waals surface area (Å²) in [5.41, 5.74) is 1.59. The molecule has 4 rings (SSSR count). The molecule has 0 aliphatic carbocycles. The minimum absolute atomic E-state index is 0.0988. The van der Waals surface area contributed by atoms with Crippen LogP contribution in [-0.4, -0.2) is 25.0 Å². The Bertz CT molecular complexity index is 1260. The van der Waals surface area contributed by atoms with Crippen LogP contribution in [0.4, 0.5) is 0 Å². The second kappa shape index (κ2) is 9.56. The van der Waals surface area contributed by atoms with Crippen molar-refractivity contribution in [3.05, 3.63) is 78.1 Å². The van der Waals surface area contributed by atoms with Gasteiger partial charge in [0.25, 0.3) is 0 Å². The lowest BCUT2D eigenvalue weighted by atomic mass is 10.0. The zero-order valence-corrected chi connectivity index (χ0v) is 18.2. The first kappa shape index (κ1) is 21.4. The highest BCUT2D eigenvalue weighted by Crippen LogP contribution is 2.31. The minimum atomic E-state index is -0.348. The van der Waals surface area contributed by atoms with Gasteiger partial charge in [0.1, 0.15) is 5.76 Å². The number of ether oxygens (including phenoxy) is 1. The quantitative estimate of drug-likeness (QED) is 0.431. The lowest BCUT2D eigenvalue weighted by Crippen LogP contribution is -2.38. The molecule has 0 spiro atoms. The van der Waals surface area contributed by atoms with E-state index in [9.17, 15) is 9.59 Å². The van der Waals surface area contributed by atoms with Crippen LogP contribution >= 0.6 is 0 Å². The van der Waals surface area contributed by atoms with Crippen LogP contribution in [0, 0.1) is 0 Å². The van der Waals surface area contributed by atoms with E-state index in [-0.39, 0.29) is 30.8 Å². The summed E-state index contributed by atoms with van der Waals surface area (Å²) in [5, 5.41) is 8.61. The molecule has 0 aliphatic rings. The van der Waals surface area contributed by atoms with Gasteiger partial charge in [-0.05, 0) is 42.3 Å². The van der Waals surface area contributed by atoms with E-state index in [1.54, 1.807) is 0 Å². The predicted octanol–water partition coefficient (Wildman–Crippen LogP) is 4.52. The number of fused-ring (bicyclic) bond motifs is 2. The van der Waals surface area contributed by atoms with E-state index in [0.717, 1.165) is 21.7 Å². The van der Waals surface area contributed by atoms with Crippen LogP contribution in [0.1, 0.15) is 31.2 Å². The Morgan fingerprint density at radius 1 is 0.969 bits per heavy atom. The first-order valence-electron chi connectivity index (χ1n) is 10.7. The van der Waals surface area contributed by atoms with Gasteiger partial charge in [-0.2, -0.15) is 0 Å². The topological polar surface area (TPSA) is 80.6 Å². The molecule has 0 saturated heterocycles. The van der Waals surface area contributed by atoms with Gasteiger partial charge in [0.15, 0.2) is 11.3 Å². The van der Waals surface area contributed by atoms with E-state index in [0.29, 0.717) is 23.7 Å². The van der Waals surface area contributed by atoms with E-state index < -0.39 is 0 Å². The Hall–Kier alpha value is -3.80. The third-order valence-electron chi connectivity index (χ3n) is 5.31. The van der Waals surface area contributed by atoms with Gasteiger partial charge < -0.3 is 19.8 Å². The first-order valence-corrected chi connectivity index (χ1v) is 10.7. The van der Waals surface area contributed by atoms with Crippen LogP contribution in [0.2, 0.25) is 0 Å². The summed E-state index contributed by atoms with van der Waals surface area (Å²) in [6.45, 7) is 4.20. The van der Waals surface area contributed by atoms with Crippen LogP contribution in [0.25, 0.3) is 21.7 Å². The van der Waals surface area contributed by atoms with E-state index in [4.69, 9.17) is 9.15 Å². The number of amides is 2. The van der Waals surface area contributed by atoms with E-state index in [1.807, 2.05) is 80.6 Å². The molecule has 0 saturated carbocycles. The van der Waals surface area contributed by atoms with Gasteiger partial charge in [-0.25, -0.2) is 0 Å². The van der Waals surface area contributed by atoms with Crippen molar-refractivity contribution in [2.24, 2.45) is 0 Å². The highest BCUT2D eigenvalue weighted by molar-refractivity contribution is 5.91. The zero-order valence-electron chi connectivity index (χ0n) is 18.2. The summed E-state index contributed by atoms with van der Waals surface area (Å²) in [7, 11) is 0. The van der Waals surface area contributed by atoms with Crippen molar-refractivity contribution in [1.82, 2.24) is 10.6 Å². The Labute approximate surface area is 186 Å². The van der Waals surface area contributed by atoms with Crippen molar-refractivity contribution in [2.75, 3.05) is 13.2 Å². The molecule has 2 amide bonds. The third kappa shape index (κ3) is 4.75. The molecule has 2 N–H and O–H groups in total. The molecule has 32 heavy (non-hydrogen) atoms. The SMILES string of the molecule is CCOc1cccc2cc(C(C)NC(=O)CNC(=O)Cc3cccc4ccccc34)oc12. The third-order valence-corrected chi connectivity index (χ3v) is 5.31. The Balaban J connectivity index is 1.34. The predicted molar refractivity (Wildman–Crippen MR) is 125 cm³/mol. The number of rotatable bonds is 8. The summed E-state index contributed by atoms with van der Waals surface area (Å²) in [5.74, 6) is 0.821. The van der Waals surface area contributed by atoms with Crippen molar-refractivity contribution < 1.29 is 18.7 Å². The van der Waals surface area contributed by atoms with Crippen LogP contribution in [0.15, 0.2) is 71.1 Å². The molecule has 6 nitrogen and oxygen atoms in total. The molecule has 1 heterocycles. The van der Waals surface area contributed by atoms with Gasteiger partial charge >= 0.3 is 0 Å². The van der Waals surface area contributed by atoms with Gasteiger partial charge in [-0.1, -0.05) is 54.6 Å². The molecule has 0 radical (unpaired) electrons. The van der Waals surface area contributed by atoms with Gasteiger partial charge in [0.2, 0.25) is 11.8 Å². The lowest BCUT2D eigenvalue weighted by Gasteiger charge is -2.12. The fraction of sp³-hybridized carbons (Fsp3) is 0.231. The molecule has 0 aliphatic heterocycles.